The van der Waals surface area contributed by atoms with Gasteiger partial charge in [-0.05, 0) is 54.6 Å². The van der Waals surface area contributed by atoms with Crippen molar-refractivity contribution >= 4 is 17.7 Å². The summed E-state index contributed by atoms with van der Waals surface area (Å²) >= 11 is 1.66. The third-order valence-electron chi connectivity index (χ3n) is 4.97. The number of rotatable bonds is 6. The van der Waals surface area contributed by atoms with E-state index in [9.17, 15) is 9.18 Å². The van der Waals surface area contributed by atoms with Crippen molar-refractivity contribution in [2.45, 2.75) is 30.3 Å². The number of likely N-dealkylation sites (tertiary alicyclic amines) is 1. The van der Waals surface area contributed by atoms with Crippen molar-refractivity contribution in [3.8, 4) is 17.1 Å². The fraction of sp³-hybridized carbons (Fsp3) is 0.286. The second-order valence-electron chi connectivity index (χ2n) is 6.73. The number of carbonyl (C=O) groups excluding carboxylic acids is 1. The smallest absolute Gasteiger partial charge is 0.249 e. The van der Waals surface area contributed by atoms with Gasteiger partial charge >= 0.3 is 0 Å². The van der Waals surface area contributed by atoms with Crippen LogP contribution in [0.15, 0.2) is 51.9 Å². The second kappa shape index (κ2) is 8.24. The van der Waals surface area contributed by atoms with Crippen molar-refractivity contribution in [3.05, 3.63) is 59.7 Å². The lowest BCUT2D eigenvalue weighted by Gasteiger charge is -2.22. The molecule has 1 unspecified atom stereocenters. The van der Waals surface area contributed by atoms with E-state index in [1.807, 2.05) is 30.5 Å². The molecule has 0 bridgehead atoms. The molecule has 0 saturated carbocycles. The number of nitrogens with zero attached hydrogens (tertiary/aromatic N) is 3. The van der Waals surface area contributed by atoms with Gasteiger partial charge in [-0.3, -0.25) is 4.79 Å². The number of aromatic nitrogens is 2. The zero-order valence-corrected chi connectivity index (χ0v) is 16.9. The zero-order valence-electron chi connectivity index (χ0n) is 16.1. The van der Waals surface area contributed by atoms with E-state index in [1.165, 1.54) is 13.2 Å². The Morgan fingerprint density at radius 1 is 1.28 bits per heavy atom. The summed E-state index contributed by atoms with van der Waals surface area (Å²) in [5, 5.41) is 4.08. The Morgan fingerprint density at radius 3 is 2.76 bits per heavy atom. The van der Waals surface area contributed by atoms with Gasteiger partial charge in [-0.25, -0.2) is 4.39 Å². The number of thioether (sulfide) groups is 1. The Kier molecular flexibility index (Phi) is 5.53. The first-order valence-corrected chi connectivity index (χ1v) is 10.4. The molecule has 1 aliphatic heterocycles. The van der Waals surface area contributed by atoms with E-state index in [2.05, 4.69) is 10.1 Å². The van der Waals surface area contributed by atoms with Crippen LogP contribution in [0.5, 0.6) is 5.75 Å². The molecular weight excluding hydrogens is 393 g/mol. The summed E-state index contributed by atoms with van der Waals surface area (Å²) in [4.78, 5) is 19.8. The lowest BCUT2D eigenvalue weighted by molar-refractivity contribution is -0.130. The molecule has 1 aromatic heterocycles. The molecule has 150 valence electrons. The van der Waals surface area contributed by atoms with E-state index in [-0.39, 0.29) is 24.2 Å². The van der Waals surface area contributed by atoms with Gasteiger partial charge in [0.1, 0.15) is 6.04 Å². The number of halogens is 1. The number of methoxy groups -OCH3 is 1. The Labute approximate surface area is 172 Å². The van der Waals surface area contributed by atoms with Gasteiger partial charge in [-0.15, -0.1) is 11.8 Å². The number of hydrogen-bond acceptors (Lipinski definition) is 6. The molecule has 0 aliphatic carbocycles. The summed E-state index contributed by atoms with van der Waals surface area (Å²) < 4.78 is 24.4. The van der Waals surface area contributed by atoms with Gasteiger partial charge in [0.15, 0.2) is 11.6 Å². The summed E-state index contributed by atoms with van der Waals surface area (Å²) in [5.74, 6) is 0.584. The highest BCUT2D eigenvalue weighted by Crippen LogP contribution is 2.34. The van der Waals surface area contributed by atoms with Crippen LogP contribution in [0.1, 0.15) is 30.3 Å². The van der Waals surface area contributed by atoms with Crippen LogP contribution >= 0.6 is 11.8 Å². The first kappa shape index (κ1) is 19.4. The Morgan fingerprint density at radius 2 is 2.07 bits per heavy atom. The molecule has 1 atom stereocenters. The monoisotopic (exact) mass is 413 g/mol. The zero-order chi connectivity index (χ0) is 20.4. The maximum absolute atomic E-state index is 14.0. The minimum Gasteiger partial charge on any atom is -0.494 e. The van der Waals surface area contributed by atoms with Gasteiger partial charge in [0.05, 0.1) is 7.11 Å². The molecular formula is C21H20FN3O3S. The topological polar surface area (TPSA) is 68.5 Å². The number of amides is 1. The third kappa shape index (κ3) is 3.98. The summed E-state index contributed by atoms with van der Waals surface area (Å²) in [5.41, 5.74) is 1.53. The summed E-state index contributed by atoms with van der Waals surface area (Å²) in [6.07, 6.45) is 3.00. The van der Waals surface area contributed by atoms with Gasteiger partial charge < -0.3 is 14.2 Å². The molecule has 1 aliphatic rings. The number of benzene rings is 2. The largest absolute Gasteiger partial charge is 0.494 e. The van der Waals surface area contributed by atoms with E-state index >= 15 is 0 Å². The average Bonchev–Trinajstić information content (AvgIpc) is 3.36. The van der Waals surface area contributed by atoms with Crippen molar-refractivity contribution in [3.63, 3.8) is 0 Å². The van der Waals surface area contributed by atoms with E-state index in [0.717, 1.165) is 10.5 Å². The normalized spacial score (nSPS) is 16.4. The standard InChI is InChI=1S/C21H20FN3O3S/c1-27-18-9-3-13(11-16(18)22)12-25-17(8-10-19(25)26)21-23-20(24-28-21)14-4-6-15(29-2)7-5-14/h3-7,9,11,17H,8,10,12H2,1-2H3. The molecule has 0 N–H and O–H groups in total. The van der Waals surface area contributed by atoms with Crippen molar-refractivity contribution < 1.29 is 18.4 Å². The quantitative estimate of drug-likeness (QED) is 0.556. The molecule has 4 rings (SSSR count). The molecule has 2 aromatic carbocycles. The Hall–Kier alpha value is -2.87. The van der Waals surface area contributed by atoms with Crippen molar-refractivity contribution in [1.29, 1.82) is 0 Å². The van der Waals surface area contributed by atoms with Gasteiger partial charge in [-0.2, -0.15) is 4.98 Å². The third-order valence-corrected chi connectivity index (χ3v) is 5.72. The van der Waals surface area contributed by atoms with Gasteiger partial charge in [0.25, 0.3) is 0 Å². The SMILES string of the molecule is COc1ccc(CN2C(=O)CCC2c2nc(-c3ccc(SC)cc3)no2)cc1F. The van der Waals surface area contributed by atoms with Crippen LogP contribution in [0.4, 0.5) is 4.39 Å². The van der Waals surface area contributed by atoms with E-state index in [0.29, 0.717) is 30.1 Å². The molecule has 0 radical (unpaired) electrons. The predicted molar refractivity (Wildman–Crippen MR) is 107 cm³/mol. The van der Waals surface area contributed by atoms with Crippen LogP contribution in [0, 0.1) is 5.82 Å². The van der Waals surface area contributed by atoms with Gasteiger partial charge in [0, 0.05) is 23.4 Å². The van der Waals surface area contributed by atoms with Crippen molar-refractivity contribution in [2.24, 2.45) is 0 Å². The number of carbonyl (C=O) groups is 1. The summed E-state index contributed by atoms with van der Waals surface area (Å²) in [6.45, 7) is 0.268. The predicted octanol–water partition coefficient (Wildman–Crippen LogP) is 4.47. The number of ether oxygens (including phenoxy) is 1. The molecule has 0 spiro atoms. The molecule has 6 nitrogen and oxygen atoms in total. The fourth-order valence-electron chi connectivity index (χ4n) is 3.42. The van der Waals surface area contributed by atoms with E-state index in [4.69, 9.17) is 9.26 Å². The highest BCUT2D eigenvalue weighted by atomic mass is 32.2. The minimum absolute atomic E-state index is 0.0182. The molecule has 29 heavy (non-hydrogen) atoms. The van der Waals surface area contributed by atoms with Gasteiger partial charge in [-0.1, -0.05) is 11.2 Å². The molecule has 2 heterocycles. The van der Waals surface area contributed by atoms with Crippen LogP contribution in [0.2, 0.25) is 0 Å². The summed E-state index contributed by atoms with van der Waals surface area (Å²) in [6, 6.07) is 12.3. The molecule has 1 amide bonds. The highest BCUT2D eigenvalue weighted by Gasteiger charge is 2.36. The first-order valence-electron chi connectivity index (χ1n) is 9.19. The van der Waals surface area contributed by atoms with Crippen LogP contribution in [0.25, 0.3) is 11.4 Å². The summed E-state index contributed by atoms with van der Waals surface area (Å²) in [7, 11) is 1.42. The molecule has 3 aromatic rings. The van der Waals surface area contributed by atoms with Crippen LogP contribution in [-0.4, -0.2) is 34.3 Å². The van der Waals surface area contributed by atoms with Crippen LogP contribution < -0.4 is 4.74 Å². The average molecular weight is 413 g/mol. The second-order valence-corrected chi connectivity index (χ2v) is 7.61. The van der Waals surface area contributed by atoms with Crippen molar-refractivity contribution in [2.75, 3.05) is 13.4 Å². The maximum Gasteiger partial charge on any atom is 0.249 e. The number of hydrogen-bond donors (Lipinski definition) is 0. The minimum atomic E-state index is -0.457. The molecule has 1 fully saturated rings. The highest BCUT2D eigenvalue weighted by molar-refractivity contribution is 7.98. The Bertz CT molecular complexity index is 1020. The lowest BCUT2D eigenvalue weighted by Crippen LogP contribution is -2.27. The fourth-order valence-corrected chi connectivity index (χ4v) is 3.83. The van der Waals surface area contributed by atoms with Crippen molar-refractivity contribution in [1.82, 2.24) is 15.0 Å². The lowest BCUT2D eigenvalue weighted by atomic mass is 10.1. The van der Waals surface area contributed by atoms with E-state index in [1.54, 1.807) is 28.8 Å². The van der Waals surface area contributed by atoms with Gasteiger partial charge in [0.2, 0.25) is 17.6 Å². The molecule has 8 heteroatoms. The van der Waals surface area contributed by atoms with E-state index < -0.39 is 5.82 Å². The van der Waals surface area contributed by atoms with Crippen LogP contribution in [-0.2, 0) is 11.3 Å². The first-order chi connectivity index (χ1) is 14.1. The van der Waals surface area contributed by atoms with Crippen LogP contribution in [0.3, 0.4) is 0 Å². The maximum atomic E-state index is 14.0. The molecule has 1 saturated heterocycles. The Balaban J connectivity index is 1.55.